The first-order valence-corrected chi connectivity index (χ1v) is 8.54. The van der Waals surface area contributed by atoms with Crippen molar-refractivity contribution in [3.63, 3.8) is 0 Å². The van der Waals surface area contributed by atoms with Crippen molar-refractivity contribution in [1.29, 1.82) is 0 Å². The summed E-state index contributed by atoms with van der Waals surface area (Å²) < 4.78 is 0. The molecule has 0 saturated carbocycles. The van der Waals surface area contributed by atoms with Crippen molar-refractivity contribution in [2.75, 3.05) is 5.32 Å². The summed E-state index contributed by atoms with van der Waals surface area (Å²) >= 11 is 1.51. The zero-order valence-electron chi connectivity index (χ0n) is 13.8. The van der Waals surface area contributed by atoms with Gasteiger partial charge in [0.1, 0.15) is 0 Å². The molecule has 0 bridgehead atoms. The summed E-state index contributed by atoms with van der Waals surface area (Å²) in [6, 6.07) is 8.88. The molecule has 0 spiro atoms. The lowest BCUT2D eigenvalue weighted by atomic mass is 10.00. The molecule has 2 aromatic rings. The summed E-state index contributed by atoms with van der Waals surface area (Å²) in [6.07, 6.45) is 0. The Morgan fingerprint density at radius 1 is 1.17 bits per heavy atom. The molecular formula is C18H19N3O2S. The Kier molecular flexibility index (Phi) is 4.40. The van der Waals surface area contributed by atoms with Crippen molar-refractivity contribution in [2.24, 2.45) is 0 Å². The van der Waals surface area contributed by atoms with Crippen LogP contribution in [0.2, 0.25) is 0 Å². The number of anilines is 1. The summed E-state index contributed by atoms with van der Waals surface area (Å²) in [5.41, 5.74) is 4.02. The van der Waals surface area contributed by atoms with Gasteiger partial charge in [-0.15, -0.1) is 11.3 Å². The van der Waals surface area contributed by atoms with Crippen molar-refractivity contribution < 1.29 is 9.59 Å². The fourth-order valence-corrected chi connectivity index (χ4v) is 3.52. The maximum atomic E-state index is 12.9. The van der Waals surface area contributed by atoms with Crippen molar-refractivity contribution >= 4 is 29.0 Å². The number of rotatable bonds is 3. The molecule has 124 valence electrons. The van der Waals surface area contributed by atoms with E-state index in [0.717, 1.165) is 21.7 Å². The SMILES string of the molecule is CC1=C(C(=O)Nc2cccc(C)c2C)C(c2cccs2)NC(=O)N1. The van der Waals surface area contributed by atoms with E-state index < -0.39 is 6.04 Å². The quantitative estimate of drug-likeness (QED) is 0.798. The molecule has 3 N–H and O–H groups in total. The van der Waals surface area contributed by atoms with Crippen LogP contribution in [0.4, 0.5) is 10.5 Å². The first kappa shape index (κ1) is 16.3. The minimum absolute atomic E-state index is 0.216. The van der Waals surface area contributed by atoms with Gasteiger partial charge >= 0.3 is 6.03 Å². The van der Waals surface area contributed by atoms with Crippen LogP contribution in [0.3, 0.4) is 0 Å². The average molecular weight is 341 g/mol. The molecule has 0 fully saturated rings. The molecule has 24 heavy (non-hydrogen) atoms. The van der Waals surface area contributed by atoms with Gasteiger partial charge in [0.15, 0.2) is 0 Å². The largest absolute Gasteiger partial charge is 0.326 e. The lowest BCUT2D eigenvalue weighted by Crippen LogP contribution is -2.45. The summed E-state index contributed by atoms with van der Waals surface area (Å²) in [5, 5.41) is 10.4. The van der Waals surface area contributed by atoms with Gasteiger partial charge in [-0.05, 0) is 49.4 Å². The number of hydrogen-bond donors (Lipinski definition) is 3. The number of aryl methyl sites for hydroxylation is 1. The normalized spacial score (nSPS) is 17.3. The van der Waals surface area contributed by atoms with Crippen LogP contribution in [0.1, 0.15) is 29.0 Å². The van der Waals surface area contributed by atoms with Crippen LogP contribution in [0.15, 0.2) is 47.0 Å². The Hall–Kier alpha value is -2.60. The second kappa shape index (κ2) is 6.49. The van der Waals surface area contributed by atoms with Gasteiger partial charge in [-0.25, -0.2) is 4.79 Å². The third-order valence-electron chi connectivity index (χ3n) is 4.19. The van der Waals surface area contributed by atoms with Crippen LogP contribution in [0.5, 0.6) is 0 Å². The average Bonchev–Trinajstić information content (AvgIpc) is 3.05. The molecule has 6 heteroatoms. The van der Waals surface area contributed by atoms with Gasteiger partial charge in [0.25, 0.3) is 5.91 Å². The Morgan fingerprint density at radius 3 is 2.67 bits per heavy atom. The molecule has 1 aromatic heterocycles. The maximum absolute atomic E-state index is 12.9. The number of nitrogens with one attached hydrogen (secondary N) is 3. The molecule has 1 unspecified atom stereocenters. The molecular weight excluding hydrogens is 322 g/mol. The van der Waals surface area contributed by atoms with E-state index in [1.54, 1.807) is 6.92 Å². The Balaban J connectivity index is 1.95. The van der Waals surface area contributed by atoms with E-state index in [1.807, 2.05) is 49.6 Å². The number of allylic oxidation sites excluding steroid dienone is 1. The van der Waals surface area contributed by atoms with Crippen LogP contribution >= 0.6 is 11.3 Å². The molecule has 1 atom stereocenters. The third-order valence-corrected chi connectivity index (χ3v) is 5.13. The van der Waals surface area contributed by atoms with Crippen LogP contribution in [0, 0.1) is 13.8 Å². The van der Waals surface area contributed by atoms with E-state index in [4.69, 9.17) is 0 Å². The zero-order chi connectivity index (χ0) is 17.3. The van der Waals surface area contributed by atoms with E-state index in [-0.39, 0.29) is 11.9 Å². The highest BCUT2D eigenvalue weighted by Crippen LogP contribution is 2.31. The van der Waals surface area contributed by atoms with Gasteiger partial charge in [-0.3, -0.25) is 4.79 Å². The van der Waals surface area contributed by atoms with Gasteiger partial charge in [0, 0.05) is 16.3 Å². The van der Waals surface area contributed by atoms with Crippen molar-refractivity contribution in [3.05, 3.63) is 63.0 Å². The van der Waals surface area contributed by atoms with E-state index in [9.17, 15) is 9.59 Å². The summed E-state index contributed by atoms with van der Waals surface area (Å²) in [4.78, 5) is 25.6. The highest BCUT2D eigenvalue weighted by atomic mass is 32.1. The van der Waals surface area contributed by atoms with E-state index >= 15 is 0 Å². The second-order valence-electron chi connectivity index (χ2n) is 5.79. The van der Waals surface area contributed by atoms with Gasteiger partial charge in [-0.1, -0.05) is 18.2 Å². The number of carbonyl (C=O) groups excluding carboxylic acids is 2. The predicted octanol–water partition coefficient (Wildman–Crippen LogP) is 3.63. The van der Waals surface area contributed by atoms with E-state index in [1.165, 1.54) is 11.3 Å². The number of thiophene rings is 1. The zero-order valence-corrected chi connectivity index (χ0v) is 14.6. The fraction of sp³-hybridized carbons (Fsp3) is 0.222. The first-order valence-electron chi connectivity index (χ1n) is 7.66. The van der Waals surface area contributed by atoms with Crippen molar-refractivity contribution in [2.45, 2.75) is 26.8 Å². The monoisotopic (exact) mass is 341 g/mol. The molecule has 2 heterocycles. The molecule has 5 nitrogen and oxygen atoms in total. The topological polar surface area (TPSA) is 70.2 Å². The number of carbonyl (C=O) groups is 2. The molecule has 3 amide bonds. The predicted molar refractivity (Wildman–Crippen MR) is 96.0 cm³/mol. The highest BCUT2D eigenvalue weighted by molar-refractivity contribution is 7.10. The summed E-state index contributed by atoms with van der Waals surface area (Å²) in [5.74, 6) is -0.216. The van der Waals surface area contributed by atoms with Gasteiger partial charge < -0.3 is 16.0 Å². The summed E-state index contributed by atoms with van der Waals surface area (Å²) in [7, 11) is 0. The number of amides is 3. The Bertz CT molecular complexity index is 825. The minimum Gasteiger partial charge on any atom is -0.326 e. The van der Waals surface area contributed by atoms with Crippen LogP contribution < -0.4 is 16.0 Å². The van der Waals surface area contributed by atoms with Crippen LogP contribution in [-0.4, -0.2) is 11.9 Å². The lowest BCUT2D eigenvalue weighted by Gasteiger charge is -2.28. The standard InChI is InChI=1S/C18H19N3O2S/c1-10-6-4-7-13(11(10)2)20-17(22)15-12(3)19-18(23)21-16(15)14-8-5-9-24-14/h4-9,16H,1-3H3,(H,20,22)(H2,19,21,23). The summed E-state index contributed by atoms with van der Waals surface area (Å²) in [6.45, 7) is 5.73. The third kappa shape index (κ3) is 3.05. The molecule has 1 aliphatic heterocycles. The number of urea groups is 1. The number of benzene rings is 1. The second-order valence-corrected chi connectivity index (χ2v) is 6.77. The highest BCUT2D eigenvalue weighted by Gasteiger charge is 2.31. The molecule has 1 aromatic carbocycles. The van der Waals surface area contributed by atoms with Gasteiger partial charge in [0.2, 0.25) is 0 Å². The molecule has 3 rings (SSSR count). The fourth-order valence-electron chi connectivity index (χ4n) is 2.74. The van der Waals surface area contributed by atoms with Crippen molar-refractivity contribution in [1.82, 2.24) is 10.6 Å². The molecule has 0 aliphatic carbocycles. The van der Waals surface area contributed by atoms with Gasteiger partial charge in [0.05, 0.1) is 11.6 Å². The Morgan fingerprint density at radius 2 is 1.96 bits per heavy atom. The van der Waals surface area contributed by atoms with Crippen molar-refractivity contribution in [3.8, 4) is 0 Å². The van der Waals surface area contributed by atoms with Crippen LogP contribution in [0.25, 0.3) is 0 Å². The smallest absolute Gasteiger partial charge is 0.319 e. The van der Waals surface area contributed by atoms with E-state index in [2.05, 4.69) is 16.0 Å². The molecule has 0 radical (unpaired) electrons. The number of hydrogen-bond acceptors (Lipinski definition) is 3. The first-order chi connectivity index (χ1) is 11.5. The van der Waals surface area contributed by atoms with Gasteiger partial charge in [-0.2, -0.15) is 0 Å². The lowest BCUT2D eigenvalue weighted by molar-refractivity contribution is -0.113. The minimum atomic E-state index is -0.441. The molecule has 1 aliphatic rings. The van der Waals surface area contributed by atoms with Crippen LogP contribution in [-0.2, 0) is 4.79 Å². The Labute approximate surface area is 144 Å². The maximum Gasteiger partial charge on any atom is 0.319 e. The van der Waals surface area contributed by atoms with E-state index in [0.29, 0.717) is 11.3 Å². The molecule has 0 saturated heterocycles.